The van der Waals surface area contributed by atoms with E-state index in [0.29, 0.717) is 6.10 Å². The van der Waals surface area contributed by atoms with Crippen molar-refractivity contribution < 1.29 is 4.74 Å². The van der Waals surface area contributed by atoms with Crippen LogP contribution in [0.5, 0.6) is 0 Å². The molecule has 1 nitrogen and oxygen atoms in total. The van der Waals surface area contributed by atoms with Crippen LogP contribution in [0.4, 0.5) is 0 Å². The second-order valence-electron chi connectivity index (χ2n) is 6.01. The van der Waals surface area contributed by atoms with Crippen LogP contribution in [-0.2, 0) is 4.74 Å². The lowest BCUT2D eigenvalue weighted by atomic mass is 10.1. The van der Waals surface area contributed by atoms with Gasteiger partial charge in [0.15, 0.2) is 0 Å². The zero-order valence-corrected chi connectivity index (χ0v) is 15.9. The van der Waals surface area contributed by atoms with Gasteiger partial charge in [0.1, 0.15) is 0 Å². The molecular formula is C17H38OSi. The lowest BCUT2D eigenvalue weighted by molar-refractivity contribution is 0.0560. The van der Waals surface area contributed by atoms with E-state index >= 15 is 0 Å². The number of hydrogen-bond donors (Lipinski definition) is 0. The van der Waals surface area contributed by atoms with Crippen LogP contribution in [0, 0.1) is 0 Å². The summed E-state index contributed by atoms with van der Waals surface area (Å²) in [6.45, 7) is 5.44. The van der Waals surface area contributed by atoms with Crippen LogP contribution in [-0.4, -0.2) is 23.0 Å². The van der Waals surface area contributed by atoms with E-state index in [4.69, 9.17) is 4.74 Å². The van der Waals surface area contributed by atoms with Gasteiger partial charge < -0.3 is 4.74 Å². The van der Waals surface area contributed by atoms with E-state index in [2.05, 4.69) is 13.8 Å². The number of rotatable bonds is 15. The van der Waals surface area contributed by atoms with Gasteiger partial charge >= 0.3 is 0 Å². The van der Waals surface area contributed by atoms with E-state index in [-0.39, 0.29) is 0 Å². The molecule has 0 fully saturated rings. The van der Waals surface area contributed by atoms with Crippen LogP contribution >= 0.6 is 0 Å². The first-order chi connectivity index (χ1) is 9.31. The van der Waals surface area contributed by atoms with Gasteiger partial charge in [-0.05, 0) is 19.8 Å². The molecule has 0 bridgehead atoms. The van der Waals surface area contributed by atoms with E-state index < -0.39 is 0 Å². The van der Waals surface area contributed by atoms with Gasteiger partial charge in [0.05, 0.1) is 6.10 Å². The largest absolute Gasteiger partial charge is 0.379 e. The van der Waals surface area contributed by atoms with Crippen LogP contribution < -0.4 is 0 Å². The summed E-state index contributed by atoms with van der Waals surface area (Å²) in [4.78, 5) is 0. The maximum Gasteiger partial charge on any atom is 0.0547 e. The molecule has 1 unspecified atom stereocenters. The van der Waals surface area contributed by atoms with E-state index in [1.807, 2.05) is 0 Å². The third-order valence-electron chi connectivity index (χ3n) is 3.86. The SMILES string of the molecule is CCCCC(C)OCCCCCCCCCCC[SiH3]. The minimum absolute atomic E-state index is 0.474. The van der Waals surface area contributed by atoms with Gasteiger partial charge in [-0.25, -0.2) is 0 Å². The lowest BCUT2D eigenvalue weighted by Gasteiger charge is -2.12. The summed E-state index contributed by atoms with van der Waals surface area (Å²) in [5, 5.41) is 0. The highest BCUT2D eigenvalue weighted by Gasteiger charge is 2.00. The van der Waals surface area contributed by atoms with Gasteiger partial charge in [0.2, 0.25) is 0 Å². The monoisotopic (exact) mass is 286 g/mol. The summed E-state index contributed by atoms with van der Waals surface area (Å²) >= 11 is 0. The van der Waals surface area contributed by atoms with Crippen LogP contribution in [0.3, 0.4) is 0 Å². The Morgan fingerprint density at radius 3 is 1.84 bits per heavy atom. The lowest BCUT2D eigenvalue weighted by Crippen LogP contribution is -2.08. The average Bonchev–Trinajstić information content (AvgIpc) is 2.42. The second kappa shape index (κ2) is 16.2. The van der Waals surface area contributed by atoms with Gasteiger partial charge in [-0.15, -0.1) is 0 Å². The molecule has 0 rings (SSSR count). The van der Waals surface area contributed by atoms with Crippen molar-refractivity contribution in [3.8, 4) is 0 Å². The molecule has 0 aliphatic rings. The van der Waals surface area contributed by atoms with E-state index in [9.17, 15) is 0 Å². The third-order valence-corrected chi connectivity index (χ3v) is 4.57. The molecule has 0 radical (unpaired) electrons. The molecule has 0 aromatic heterocycles. The van der Waals surface area contributed by atoms with Gasteiger partial charge in [0, 0.05) is 16.8 Å². The highest BCUT2D eigenvalue weighted by atomic mass is 28.1. The fraction of sp³-hybridized carbons (Fsp3) is 1.00. The normalized spacial score (nSPS) is 12.9. The molecule has 19 heavy (non-hydrogen) atoms. The minimum atomic E-state index is 0.474. The highest BCUT2D eigenvalue weighted by Crippen LogP contribution is 2.11. The average molecular weight is 287 g/mol. The third kappa shape index (κ3) is 16.1. The van der Waals surface area contributed by atoms with Gasteiger partial charge in [-0.2, -0.15) is 0 Å². The Balaban J connectivity index is 3.02. The van der Waals surface area contributed by atoms with Crippen molar-refractivity contribution in [2.75, 3.05) is 6.61 Å². The molecule has 2 heteroatoms. The number of unbranched alkanes of at least 4 members (excludes halogenated alkanes) is 9. The molecule has 0 aliphatic carbocycles. The quantitative estimate of drug-likeness (QED) is 0.308. The van der Waals surface area contributed by atoms with Gasteiger partial charge in [0.25, 0.3) is 0 Å². The molecule has 0 heterocycles. The first-order valence-electron chi connectivity index (χ1n) is 8.92. The van der Waals surface area contributed by atoms with Crippen molar-refractivity contribution in [1.29, 1.82) is 0 Å². The molecule has 1 atom stereocenters. The maximum absolute atomic E-state index is 5.82. The fourth-order valence-electron chi connectivity index (χ4n) is 2.45. The molecule has 0 amide bonds. The number of ether oxygens (including phenoxy) is 1. The van der Waals surface area contributed by atoms with Crippen LogP contribution in [0.25, 0.3) is 0 Å². The van der Waals surface area contributed by atoms with Crippen LogP contribution in [0.1, 0.15) is 90.9 Å². The second-order valence-corrected chi connectivity index (χ2v) is 7.01. The first-order valence-corrected chi connectivity index (χ1v) is 10.3. The van der Waals surface area contributed by atoms with E-state index in [0.717, 1.165) is 6.61 Å². The standard InChI is InChI=1S/C17H38OSi/c1-3-4-14-17(2)18-15-12-10-8-6-5-7-9-11-13-16-19/h17H,3-16H2,1-2,19H3. The highest BCUT2D eigenvalue weighted by molar-refractivity contribution is 6.08. The summed E-state index contributed by atoms with van der Waals surface area (Å²) in [5.41, 5.74) is 0. The van der Waals surface area contributed by atoms with Crippen LogP contribution in [0.15, 0.2) is 0 Å². The van der Waals surface area contributed by atoms with E-state index in [1.165, 1.54) is 93.3 Å². The predicted molar refractivity (Wildman–Crippen MR) is 91.2 cm³/mol. The number of hydrogen-bond acceptors (Lipinski definition) is 1. The molecule has 116 valence electrons. The zero-order valence-electron chi connectivity index (χ0n) is 13.9. The molecule has 0 saturated carbocycles. The first kappa shape index (κ1) is 19.2. The summed E-state index contributed by atoms with van der Waals surface area (Å²) in [6.07, 6.45) is 17.1. The zero-order chi connectivity index (χ0) is 14.2. The van der Waals surface area contributed by atoms with E-state index in [1.54, 1.807) is 0 Å². The topological polar surface area (TPSA) is 9.23 Å². The molecule has 0 aliphatic heterocycles. The Hall–Kier alpha value is 0.177. The van der Waals surface area contributed by atoms with Crippen molar-refractivity contribution in [3.05, 3.63) is 0 Å². The maximum atomic E-state index is 5.82. The van der Waals surface area contributed by atoms with Crippen molar-refractivity contribution >= 4 is 10.2 Å². The summed E-state index contributed by atoms with van der Waals surface area (Å²) in [7, 11) is 1.40. The molecule has 0 aromatic rings. The predicted octanol–water partition coefficient (Wildman–Crippen LogP) is 4.88. The minimum Gasteiger partial charge on any atom is -0.379 e. The Kier molecular flexibility index (Phi) is 16.4. The van der Waals surface area contributed by atoms with Crippen molar-refractivity contribution in [3.63, 3.8) is 0 Å². The molecular weight excluding hydrogens is 248 g/mol. The van der Waals surface area contributed by atoms with Crippen molar-refractivity contribution in [1.82, 2.24) is 0 Å². The van der Waals surface area contributed by atoms with Crippen molar-refractivity contribution in [2.45, 2.75) is 103 Å². The van der Waals surface area contributed by atoms with Crippen LogP contribution in [0.2, 0.25) is 6.04 Å². The summed E-state index contributed by atoms with van der Waals surface area (Å²) in [5.74, 6) is 0. The Labute approximate surface area is 125 Å². The molecule has 0 spiro atoms. The Bertz CT molecular complexity index is 161. The molecule has 0 aromatic carbocycles. The smallest absolute Gasteiger partial charge is 0.0547 e. The van der Waals surface area contributed by atoms with Gasteiger partial charge in [-0.3, -0.25) is 0 Å². The molecule has 0 N–H and O–H groups in total. The van der Waals surface area contributed by atoms with Crippen molar-refractivity contribution in [2.24, 2.45) is 0 Å². The fourth-order valence-corrected chi connectivity index (χ4v) is 2.95. The van der Waals surface area contributed by atoms with Gasteiger partial charge in [-0.1, -0.05) is 77.2 Å². The summed E-state index contributed by atoms with van der Waals surface area (Å²) < 4.78 is 5.82. The Morgan fingerprint density at radius 1 is 0.789 bits per heavy atom. The molecule has 0 saturated heterocycles. The Morgan fingerprint density at radius 2 is 1.32 bits per heavy atom. The summed E-state index contributed by atoms with van der Waals surface area (Å²) in [6, 6.07) is 1.50.